The summed E-state index contributed by atoms with van der Waals surface area (Å²) in [6.45, 7) is 5.09. The summed E-state index contributed by atoms with van der Waals surface area (Å²) < 4.78 is 7.40. The van der Waals surface area contributed by atoms with E-state index in [0.29, 0.717) is 34.0 Å². The Labute approximate surface area is 226 Å². The topological polar surface area (TPSA) is 144 Å². The maximum Gasteiger partial charge on any atom is 0.252 e. The number of rotatable bonds is 11. The molecule has 0 aliphatic heterocycles. The van der Waals surface area contributed by atoms with Gasteiger partial charge in [0.15, 0.2) is 0 Å². The Bertz CT molecular complexity index is 1530. The van der Waals surface area contributed by atoms with Crippen molar-refractivity contribution in [2.45, 2.75) is 0 Å². The first-order valence-electron chi connectivity index (χ1n) is 12.1. The molecule has 2 amide bonds. The molecular weight excluding hydrogens is 498 g/mol. The summed E-state index contributed by atoms with van der Waals surface area (Å²) in [6.07, 6.45) is 6.01. The first-order valence-corrected chi connectivity index (χ1v) is 12.1. The molecule has 0 saturated heterocycles. The molecule has 0 saturated carbocycles. The van der Waals surface area contributed by atoms with Crippen LogP contribution in [0.1, 0.15) is 10.4 Å². The van der Waals surface area contributed by atoms with Crippen molar-refractivity contribution in [3.05, 3.63) is 67.1 Å². The molecular formula is C27H31N9O3. The summed E-state index contributed by atoms with van der Waals surface area (Å²) in [4.78, 5) is 41.6. The molecule has 4 aromatic rings. The van der Waals surface area contributed by atoms with Crippen LogP contribution in [-0.4, -0.2) is 77.6 Å². The van der Waals surface area contributed by atoms with Gasteiger partial charge in [-0.25, -0.2) is 4.98 Å². The second kappa shape index (κ2) is 11.6. The Balaban J connectivity index is 1.73. The fourth-order valence-electron chi connectivity index (χ4n) is 4.00. The van der Waals surface area contributed by atoms with E-state index in [4.69, 9.17) is 10.5 Å². The Morgan fingerprint density at radius 2 is 1.92 bits per heavy atom. The summed E-state index contributed by atoms with van der Waals surface area (Å²) in [5, 5.41) is 6.06. The van der Waals surface area contributed by atoms with Crippen LogP contribution in [-0.2, 0) is 4.79 Å². The van der Waals surface area contributed by atoms with Crippen molar-refractivity contribution in [3.63, 3.8) is 0 Å². The van der Waals surface area contributed by atoms with Gasteiger partial charge in [0, 0.05) is 44.8 Å². The van der Waals surface area contributed by atoms with E-state index in [9.17, 15) is 9.59 Å². The van der Waals surface area contributed by atoms with Crippen LogP contribution >= 0.6 is 0 Å². The standard InChI is InChI=1S/C27H31N9O3/c1-6-24(37)31-18-14-19(22(39-5)15-21(18)35(4)13-12-34(2)3)32-27-30-11-9-23(33-27)36-16-17(26(28)38)25-20(36)8-7-10-29-25/h6-11,14-16H,1,12-13H2,2-5H3,(H2,28,38)(H,31,37)(H,30,32,33). The number of methoxy groups -OCH3 is 1. The number of amides is 2. The normalized spacial score (nSPS) is 10.9. The fraction of sp³-hybridized carbons (Fsp3) is 0.222. The molecule has 39 heavy (non-hydrogen) atoms. The molecule has 0 aliphatic carbocycles. The Kier molecular flexibility index (Phi) is 8.06. The lowest BCUT2D eigenvalue weighted by atomic mass is 10.2. The molecule has 4 rings (SSSR count). The Hall–Kier alpha value is -4.97. The number of fused-ring (bicyclic) bond motifs is 1. The highest BCUT2D eigenvalue weighted by molar-refractivity contribution is 6.05. The monoisotopic (exact) mass is 529 g/mol. The lowest BCUT2D eigenvalue weighted by molar-refractivity contribution is -0.111. The van der Waals surface area contributed by atoms with Gasteiger partial charge in [-0.1, -0.05) is 6.58 Å². The van der Waals surface area contributed by atoms with Crippen molar-refractivity contribution in [2.24, 2.45) is 5.73 Å². The maximum atomic E-state index is 12.2. The van der Waals surface area contributed by atoms with Gasteiger partial charge in [-0.2, -0.15) is 4.98 Å². The van der Waals surface area contributed by atoms with Gasteiger partial charge in [0.2, 0.25) is 11.9 Å². The molecule has 12 nitrogen and oxygen atoms in total. The van der Waals surface area contributed by atoms with E-state index >= 15 is 0 Å². The summed E-state index contributed by atoms with van der Waals surface area (Å²) in [7, 11) is 7.50. The van der Waals surface area contributed by atoms with Gasteiger partial charge >= 0.3 is 0 Å². The predicted octanol–water partition coefficient (Wildman–Crippen LogP) is 2.79. The van der Waals surface area contributed by atoms with Gasteiger partial charge in [-0.3, -0.25) is 19.1 Å². The van der Waals surface area contributed by atoms with Gasteiger partial charge in [0.25, 0.3) is 5.91 Å². The number of hydrogen-bond donors (Lipinski definition) is 3. The van der Waals surface area contributed by atoms with Gasteiger partial charge < -0.3 is 30.9 Å². The molecule has 3 aromatic heterocycles. The number of nitrogens with one attached hydrogen (secondary N) is 2. The molecule has 4 N–H and O–H groups in total. The highest BCUT2D eigenvalue weighted by Crippen LogP contribution is 2.38. The molecule has 0 fully saturated rings. The number of likely N-dealkylation sites (N-methyl/N-ethyl adjacent to an activating group) is 2. The van der Waals surface area contributed by atoms with Crippen molar-refractivity contribution in [3.8, 4) is 11.6 Å². The van der Waals surface area contributed by atoms with Crippen molar-refractivity contribution < 1.29 is 14.3 Å². The number of nitrogens with two attached hydrogens (primary N) is 1. The van der Waals surface area contributed by atoms with Crippen LogP contribution < -0.4 is 26.0 Å². The molecule has 202 valence electrons. The van der Waals surface area contributed by atoms with Crippen molar-refractivity contribution in [1.82, 2.24) is 24.4 Å². The lowest BCUT2D eigenvalue weighted by Gasteiger charge is -2.26. The van der Waals surface area contributed by atoms with Crippen LogP contribution in [0.2, 0.25) is 0 Å². The van der Waals surface area contributed by atoms with Crippen LogP contribution in [0.4, 0.5) is 23.0 Å². The quantitative estimate of drug-likeness (QED) is 0.250. The second-order valence-electron chi connectivity index (χ2n) is 9.00. The third kappa shape index (κ3) is 5.96. The van der Waals surface area contributed by atoms with E-state index in [1.165, 1.54) is 6.08 Å². The number of hydrogen-bond acceptors (Lipinski definition) is 9. The third-order valence-corrected chi connectivity index (χ3v) is 6.01. The Morgan fingerprint density at radius 1 is 1.13 bits per heavy atom. The lowest BCUT2D eigenvalue weighted by Crippen LogP contribution is -2.29. The molecule has 0 spiro atoms. The molecule has 0 bridgehead atoms. The van der Waals surface area contributed by atoms with Gasteiger partial charge in [-0.05, 0) is 44.4 Å². The number of anilines is 4. The molecule has 0 radical (unpaired) electrons. The highest BCUT2D eigenvalue weighted by atomic mass is 16.5. The number of carbonyl (C=O) groups excluding carboxylic acids is 2. The summed E-state index contributed by atoms with van der Waals surface area (Å²) >= 11 is 0. The zero-order valence-corrected chi connectivity index (χ0v) is 22.3. The van der Waals surface area contributed by atoms with Gasteiger partial charge in [-0.15, -0.1) is 0 Å². The predicted molar refractivity (Wildman–Crippen MR) is 152 cm³/mol. The molecule has 0 aliphatic rings. The first-order chi connectivity index (χ1) is 18.7. The average Bonchev–Trinajstić information content (AvgIpc) is 3.32. The van der Waals surface area contributed by atoms with E-state index in [-0.39, 0.29) is 17.4 Å². The van der Waals surface area contributed by atoms with Crippen molar-refractivity contribution in [2.75, 3.05) is 56.9 Å². The zero-order chi connectivity index (χ0) is 28.1. The molecule has 1 aromatic carbocycles. The second-order valence-corrected chi connectivity index (χ2v) is 9.00. The third-order valence-electron chi connectivity index (χ3n) is 6.01. The van der Waals surface area contributed by atoms with E-state index in [0.717, 1.165) is 18.8 Å². The SMILES string of the molecule is C=CC(=O)Nc1cc(Nc2nccc(-n3cc(C(N)=O)c4ncccc43)n2)c(OC)cc1N(C)CCN(C)C. The number of pyridine rings is 1. The van der Waals surface area contributed by atoms with Crippen LogP contribution in [0.15, 0.2) is 61.6 Å². The van der Waals surface area contributed by atoms with Gasteiger partial charge in [0.05, 0.1) is 35.3 Å². The average molecular weight is 530 g/mol. The minimum absolute atomic E-state index is 0.270. The minimum Gasteiger partial charge on any atom is -0.494 e. The Morgan fingerprint density at radius 3 is 2.62 bits per heavy atom. The largest absolute Gasteiger partial charge is 0.494 e. The number of benzene rings is 1. The van der Waals surface area contributed by atoms with E-state index < -0.39 is 5.91 Å². The first kappa shape index (κ1) is 27.1. The summed E-state index contributed by atoms with van der Waals surface area (Å²) in [5.41, 5.74) is 8.89. The molecule has 0 unspecified atom stereocenters. The number of nitrogens with zero attached hydrogens (tertiary/aromatic N) is 6. The van der Waals surface area contributed by atoms with Crippen LogP contribution in [0.5, 0.6) is 5.75 Å². The van der Waals surface area contributed by atoms with Crippen LogP contribution in [0.3, 0.4) is 0 Å². The van der Waals surface area contributed by atoms with E-state index in [1.54, 1.807) is 48.5 Å². The van der Waals surface area contributed by atoms with Crippen molar-refractivity contribution in [1.29, 1.82) is 0 Å². The maximum absolute atomic E-state index is 12.2. The number of carbonyl (C=O) groups is 2. The highest BCUT2D eigenvalue weighted by Gasteiger charge is 2.18. The number of aromatic nitrogens is 4. The fourth-order valence-corrected chi connectivity index (χ4v) is 4.00. The van der Waals surface area contributed by atoms with Crippen LogP contribution in [0.25, 0.3) is 16.9 Å². The smallest absolute Gasteiger partial charge is 0.252 e. The molecule has 0 atom stereocenters. The summed E-state index contributed by atoms with van der Waals surface area (Å²) in [6, 6.07) is 8.90. The number of ether oxygens (including phenoxy) is 1. The number of primary amides is 1. The molecule has 12 heteroatoms. The molecule has 3 heterocycles. The summed E-state index contributed by atoms with van der Waals surface area (Å²) in [5.74, 6) is 0.368. The van der Waals surface area contributed by atoms with Crippen molar-refractivity contribution >= 4 is 45.9 Å². The van der Waals surface area contributed by atoms with Crippen LogP contribution in [0, 0.1) is 0 Å². The van der Waals surface area contributed by atoms with Gasteiger partial charge in [0.1, 0.15) is 17.1 Å². The zero-order valence-electron chi connectivity index (χ0n) is 22.3. The van der Waals surface area contributed by atoms with E-state index in [2.05, 4.69) is 37.1 Å². The minimum atomic E-state index is -0.584. The van der Waals surface area contributed by atoms with E-state index in [1.807, 2.05) is 38.2 Å².